The third-order valence-electron chi connectivity index (χ3n) is 2.25. The zero-order chi connectivity index (χ0) is 11.7. The zero-order valence-corrected chi connectivity index (χ0v) is 9.56. The molecule has 2 rings (SSSR count). The number of carbonyl (C=O) groups excluding carboxylic acids is 1. The van der Waals surface area contributed by atoms with Gasteiger partial charge < -0.3 is 0 Å². The molecule has 0 aromatic carbocycles. The summed E-state index contributed by atoms with van der Waals surface area (Å²) in [5.41, 5.74) is 1.85. The Morgan fingerprint density at radius 2 is 2.25 bits per heavy atom. The third kappa shape index (κ3) is 2.03. The number of amides is 1. The van der Waals surface area contributed by atoms with Crippen molar-refractivity contribution in [3.8, 4) is 0 Å². The minimum Gasteiger partial charge on any atom is -0.293 e. The van der Waals surface area contributed by atoms with Gasteiger partial charge in [-0.2, -0.15) is 4.98 Å². The fraction of sp³-hybridized carbons (Fsp3) is 0.364. The molecule has 0 atom stereocenters. The first-order valence-corrected chi connectivity index (χ1v) is 5.20. The molecule has 0 fully saturated rings. The van der Waals surface area contributed by atoms with Crippen LogP contribution in [-0.4, -0.2) is 20.5 Å². The van der Waals surface area contributed by atoms with E-state index in [1.165, 1.54) is 0 Å². The van der Waals surface area contributed by atoms with Gasteiger partial charge >= 0.3 is 0 Å². The summed E-state index contributed by atoms with van der Waals surface area (Å²) in [4.78, 5) is 15.7. The first kappa shape index (κ1) is 10.6. The number of pyridine rings is 1. The SMILES string of the molecule is Cc1ccn2nc(NC(=O)C(C)C)nc2c1. The van der Waals surface area contributed by atoms with Crippen LogP contribution in [0.5, 0.6) is 0 Å². The first-order chi connectivity index (χ1) is 7.56. The molecule has 1 amide bonds. The minimum absolute atomic E-state index is 0.0756. The van der Waals surface area contributed by atoms with E-state index in [0.29, 0.717) is 5.95 Å². The predicted octanol–water partition coefficient (Wildman–Crippen LogP) is 1.63. The highest BCUT2D eigenvalue weighted by Gasteiger charge is 2.10. The molecule has 84 valence electrons. The molecule has 0 aliphatic carbocycles. The van der Waals surface area contributed by atoms with Crippen LogP contribution < -0.4 is 5.32 Å². The van der Waals surface area contributed by atoms with E-state index in [2.05, 4.69) is 15.4 Å². The molecule has 0 saturated heterocycles. The summed E-state index contributed by atoms with van der Waals surface area (Å²) in [6, 6.07) is 3.85. The van der Waals surface area contributed by atoms with Gasteiger partial charge in [0.1, 0.15) is 0 Å². The van der Waals surface area contributed by atoms with Crippen LogP contribution in [0, 0.1) is 12.8 Å². The number of hydrogen-bond donors (Lipinski definition) is 1. The van der Waals surface area contributed by atoms with Crippen molar-refractivity contribution in [3.63, 3.8) is 0 Å². The van der Waals surface area contributed by atoms with E-state index < -0.39 is 0 Å². The predicted molar refractivity (Wildman–Crippen MR) is 61.2 cm³/mol. The molecule has 0 aliphatic heterocycles. The van der Waals surface area contributed by atoms with Gasteiger partial charge in [-0.3, -0.25) is 10.1 Å². The van der Waals surface area contributed by atoms with Crippen LogP contribution in [0.2, 0.25) is 0 Å². The fourth-order valence-corrected chi connectivity index (χ4v) is 1.29. The molecule has 2 aromatic rings. The second-order valence-corrected chi connectivity index (χ2v) is 4.09. The Hall–Kier alpha value is -1.91. The van der Waals surface area contributed by atoms with E-state index in [-0.39, 0.29) is 11.8 Å². The Morgan fingerprint density at radius 1 is 1.50 bits per heavy atom. The van der Waals surface area contributed by atoms with Gasteiger partial charge in [0.25, 0.3) is 0 Å². The van der Waals surface area contributed by atoms with Gasteiger partial charge in [0.05, 0.1) is 0 Å². The lowest BCUT2D eigenvalue weighted by Crippen LogP contribution is -2.18. The average Bonchev–Trinajstić information content (AvgIpc) is 2.58. The smallest absolute Gasteiger partial charge is 0.249 e. The van der Waals surface area contributed by atoms with E-state index in [1.54, 1.807) is 4.52 Å². The van der Waals surface area contributed by atoms with E-state index in [1.807, 2.05) is 39.1 Å². The van der Waals surface area contributed by atoms with Crippen LogP contribution in [0.4, 0.5) is 5.95 Å². The van der Waals surface area contributed by atoms with Gasteiger partial charge in [0.2, 0.25) is 11.9 Å². The number of hydrogen-bond acceptors (Lipinski definition) is 3. The Bertz CT molecular complexity index is 530. The molecule has 1 N–H and O–H groups in total. The van der Waals surface area contributed by atoms with Crippen molar-refractivity contribution >= 4 is 17.5 Å². The molecule has 0 spiro atoms. The molecule has 0 aliphatic rings. The molecule has 0 radical (unpaired) electrons. The minimum atomic E-state index is -0.0763. The summed E-state index contributed by atoms with van der Waals surface area (Å²) in [6.45, 7) is 5.64. The lowest BCUT2D eigenvalue weighted by Gasteiger charge is -2.01. The van der Waals surface area contributed by atoms with Crippen molar-refractivity contribution in [1.82, 2.24) is 14.6 Å². The number of carbonyl (C=O) groups is 1. The summed E-state index contributed by atoms with van der Waals surface area (Å²) in [6.07, 6.45) is 1.82. The number of aromatic nitrogens is 3. The Kier molecular flexibility index (Phi) is 2.60. The van der Waals surface area contributed by atoms with Crippen molar-refractivity contribution in [3.05, 3.63) is 23.9 Å². The molecule has 2 heterocycles. The van der Waals surface area contributed by atoms with Crippen LogP contribution in [0.15, 0.2) is 18.3 Å². The summed E-state index contributed by atoms with van der Waals surface area (Å²) in [5, 5.41) is 6.82. The number of rotatable bonds is 2. The largest absolute Gasteiger partial charge is 0.293 e. The second kappa shape index (κ2) is 3.92. The topological polar surface area (TPSA) is 59.3 Å². The highest BCUT2D eigenvalue weighted by molar-refractivity contribution is 5.90. The van der Waals surface area contributed by atoms with E-state index >= 15 is 0 Å². The maximum absolute atomic E-state index is 11.5. The van der Waals surface area contributed by atoms with E-state index in [4.69, 9.17) is 0 Å². The third-order valence-corrected chi connectivity index (χ3v) is 2.25. The van der Waals surface area contributed by atoms with Crippen LogP contribution in [0.1, 0.15) is 19.4 Å². The number of nitrogens with one attached hydrogen (secondary N) is 1. The van der Waals surface area contributed by atoms with Gasteiger partial charge in [-0.15, -0.1) is 5.10 Å². The maximum Gasteiger partial charge on any atom is 0.249 e. The summed E-state index contributed by atoms with van der Waals surface area (Å²) in [7, 11) is 0. The molecule has 0 saturated carbocycles. The lowest BCUT2D eigenvalue weighted by molar-refractivity contribution is -0.118. The van der Waals surface area contributed by atoms with Gasteiger partial charge in [-0.1, -0.05) is 13.8 Å². The normalized spacial score (nSPS) is 11.0. The maximum atomic E-state index is 11.5. The zero-order valence-electron chi connectivity index (χ0n) is 9.56. The fourth-order valence-electron chi connectivity index (χ4n) is 1.29. The molecule has 16 heavy (non-hydrogen) atoms. The quantitative estimate of drug-likeness (QED) is 0.833. The standard InChI is InChI=1S/C11H14N4O/c1-7(2)10(16)13-11-12-9-6-8(3)4-5-15(9)14-11/h4-7H,1-3H3,(H,13,14,16). The van der Waals surface area contributed by atoms with Crippen molar-refractivity contribution in [1.29, 1.82) is 0 Å². The van der Waals surface area contributed by atoms with Crippen LogP contribution in [0.25, 0.3) is 5.65 Å². The molecular weight excluding hydrogens is 204 g/mol. The Morgan fingerprint density at radius 3 is 2.94 bits per heavy atom. The first-order valence-electron chi connectivity index (χ1n) is 5.20. The monoisotopic (exact) mass is 218 g/mol. The van der Waals surface area contributed by atoms with E-state index in [0.717, 1.165) is 11.2 Å². The molecule has 0 unspecified atom stereocenters. The summed E-state index contributed by atoms with van der Waals surface area (Å²) < 4.78 is 1.64. The average molecular weight is 218 g/mol. The molecule has 0 bridgehead atoms. The summed E-state index contributed by atoms with van der Waals surface area (Å²) in [5.74, 6) is 0.199. The van der Waals surface area contributed by atoms with Crippen LogP contribution in [0.3, 0.4) is 0 Å². The lowest BCUT2D eigenvalue weighted by atomic mass is 10.2. The van der Waals surface area contributed by atoms with Gasteiger partial charge in [0.15, 0.2) is 5.65 Å². The number of anilines is 1. The highest BCUT2D eigenvalue weighted by Crippen LogP contribution is 2.08. The van der Waals surface area contributed by atoms with Gasteiger partial charge in [-0.25, -0.2) is 4.52 Å². The van der Waals surface area contributed by atoms with Crippen molar-refractivity contribution in [2.24, 2.45) is 5.92 Å². The Labute approximate surface area is 93.5 Å². The summed E-state index contributed by atoms with van der Waals surface area (Å²) >= 11 is 0. The highest BCUT2D eigenvalue weighted by atomic mass is 16.2. The van der Waals surface area contributed by atoms with E-state index in [9.17, 15) is 4.79 Å². The van der Waals surface area contributed by atoms with Crippen molar-refractivity contribution in [2.75, 3.05) is 5.32 Å². The Balaban J connectivity index is 2.29. The van der Waals surface area contributed by atoms with Crippen molar-refractivity contribution in [2.45, 2.75) is 20.8 Å². The molecular formula is C11H14N4O. The molecule has 5 heteroatoms. The van der Waals surface area contributed by atoms with Gasteiger partial charge in [0, 0.05) is 12.1 Å². The number of aryl methyl sites for hydroxylation is 1. The van der Waals surface area contributed by atoms with Crippen LogP contribution in [-0.2, 0) is 4.79 Å². The number of nitrogens with zero attached hydrogens (tertiary/aromatic N) is 3. The van der Waals surface area contributed by atoms with Gasteiger partial charge in [-0.05, 0) is 24.6 Å². The molecule has 5 nitrogen and oxygen atoms in total. The second-order valence-electron chi connectivity index (χ2n) is 4.09. The number of fused-ring (bicyclic) bond motifs is 1. The van der Waals surface area contributed by atoms with Crippen molar-refractivity contribution < 1.29 is 4.79 Å². The molecule has 2 aromatic heterocycles. The van der Waals surface area contributed by atoms with Crippen LogP contribution >= 0.6 is 0 Å².